The first kappa shape index (κ1) is 11.6. The molecular formula is C14H16N2O2S. The van der Waals surface area contributed by atoms with Crippen LogP contribution in [0.5, 0.6) is 0 Å². The quantitative estimate of drug-likeness (QED) is 0.860. The molecule has 2 bridgehead atoms. The van der Waals surface area contributed by atoms with E-state index in [0.29, 0.717) is 12.8 Å². The van der Waals surface area contributed by atoms with Crippen molar-refractivity contribution in [3.63, 3.8) is 0 Å². The Morgan fingerprint density at radius 3 is 2.79 bits per heavy atom. The fourth-order valence-corrected chi connectivity index (χ4v) is 5.78. The van der Waals surface area contributed by atoms with Gasteiger partial charge in [0.2, 0.25) is 0 Å². The minimum absolute atomic E-state index is 0.155. The number of nitrogens with zero attached hydrogens (tertiary/aromatic N) is 2. The van der Waals surface area contributed by atoms with Crippen LogP contribution >= 0.6 is 0 Å². The molecule has 5 heteroatoms. The lowest BCUT2D eigenvalue weighted by molar-refractivity contribution is 0.0131. The van der Waals surface area contributed by atoms with E-state index >= 15 is 0 Å². The molecule has 0 saturated carbocycles. The zero-order valence-electron chi connectivity index (χ0n) is 10.5. The molecule has 2 aliphatic heterocycles. The first-order valence-corrected chi connectivity index (χ1v) is 7.99. The van der Waals surface area contributed by atoms with E-state index in [1.165, 1.54) is 0 Å². The predicted molar refractivity (Wildman–Crippen MR) is 73.3 cm³/mol. The van der Waals surface area contributed by atoms with Gasteiger partial charge in [-0.25, -0.2) is 4.98 Å². The van der Waals surface area contributed by atoms with Crippen LogP contribution in [0.1, 0.15) is 31.4 Å². The van der Waals surface area contributed by atoms with Crippen LogP contribution in [0.15, 0.2) is 30.6 Å². The molecule has 0 amide bonds. The minimum Gasteiger partial charge on any atom is -0.384 e. The molecule has 2 saturated heterocycles. The molecule has 2 aromatic rings. The van der Waals surface area contributed by atoms with Crippen molar-refractivity contribution < 1.29 is 9.32 Å². The van der Waals surface area contributed by atoms with Crippen LogP contribution < -0.4 is 0 Å². The average molecular weight is 276 g/mol. The summed E-state index contributed by atoms with van der Waals surface area (Å²) in [5.74, 6) is 0. The third-order valence-electron chi connectivity index (χ3n) is 4.50. The summed E-state index contributed by atoms with van der Waals surface area (Å²) in [7, 11) is -0.748. The number of fused-ring (bicyclic) bond motifs is 3. The Morgan fingerprint density at radius 1 is 1.32 bits per heavy atom. The number of hydrogen-bond donors (Lipinski definition) is 1. The van der Waals surface area contributed by atoms with E-state index in [-0.39, 0.29) is 10.5 Å². The SMILES string of the molecule is O=S1C2CCC1CC(O)(c1cccc3nccn13)C2. The molecule has 0 aromatic carbocycles. The second-order valence-corrected chi connectivity index (χ2v) is 7.65. The van der Waals surface area contributed by atoms with E-state index in [0.717, 1.165) is 24.2 Å². The lowest BCUT2D eigenvalue weighted by Crippen LogP contribution is -2.41. The summed E-state index contributed by atoms with van der Waals surface area (Å²) in [5, 5.41) is 11.4. The Kier molecular flexibility index (Phi) is 2.38. The third kappa shape index (κ3) is 1.61. The molecular weight excluding hydrogens is 260 g/mol. The van der Waals surface area contributed by atoms with Crippen molar-refractivity contribution in [2.45, 2.75) is 41.8 Å². The molecule has 4 rings (SSSR count). The summed E-state index contributed by atoms with van der Waals surface area (Å²) in [4.78, 5) is 4.27. The van der Waals surface area contributed by atoms with Gasteiger partial charge in [-0.15, -0.1) is 0 Å². The maximum absolute atomic E-state index is 12.1. The van der Waals surface area contributed by atoms with E-state index in [2.05, 4.69) is 4.98 Å². The first-order valence-electron chi connectivity index (χ1n) is 6.72. The molecule has 2 unspecified atom stereocenters. The van der Waals surface area contributed by atoms with Crippen LogP contribution in [0.3, 0.4) is 0 Å². The van der Waals surface area contributed by atoms with Crippen molar-refractivity contribution in [2.24, 2.45) is 0 Å². The van der Waals surface area contributed by atoms with E-state index in [1.54, 1.807) is 6.20 Å². The molecule has 0 radical (unpaired) electrons. The van der Waals surface area contributed by atoms with Gasteiger partial charge in [0, 0.05) is 33.7 Å². The standard InChI is InChI=1S/C14H16N2O2S/c17-14(8-10-4-5-11(9-14)19(10)18)12-2-1-3-13-15-6-7-16(12)13/h1-3,6-7,10-11,17H,4-5,8-9H2. The summed E-state index contributed by atoms with van der Waals surface area (Å²) in [5.41, 5.74) is 0.876. The van der Waals surface area contributed by atoms with Crippen LogP contribution in [-0.2, 0) is 16.4 Å². The number of hydrogen-bond acceptors (Lipinski definition) is 3. The third-order valence-corrected chi connectivity index (χ3v) is 6.62. The summed E-state index contributed by atoms with van der Waals surface area (Å²) >= 11 is 0. The van der Waals surface area contributed by atoms with Gasteiger partial charge in [0.25, 0.3) is 0 Å². The minimum atomic E-state index is -0.861. The summed E-state index contributed by atoms with van der Waals surface area (Å²) in [6.45, 7) is 0. The smallest absolute Gasteiger partial charge is 0.136 e. The highest BCUT2D eigenvalue weighted by Gasteiger charge is 2.49. The second-order valence-electron chi connectivity index (χ2n) is 5.66. The topological polar surface area (TPSA) is 54.6 Å². The lowest BCUT2D eigenvalue weighted by atomic mass is 9.89. The van der Waals surface area contributed by atoms with Crippen LogP contribution in [0.4, 0.5) is 0 Å². The van der Waals surface area contributed by atoms with Crippen LogP contribution in [-0.4, -0.2) is 29.2 Å². The van der Waals surface area contributed by atoms with Gasteiger partial charge in [-0.3, -0.25) is 4.21 Å². The largest absolute Gasteiger partial charge is 0.384 e. The molecule has 1 N–H and O–H groups in total. The Balaban J connectivity index is 1.83. The highest BCUT2D eigenvalue weighted by molar-refractivity contribution is 7.86. The Morgan fingerprint density at radius 2 is 2.05 bits per heavy atom. The second kappa shape index (κ2) is 3.90. The van der Waals surface area contributed by atoms with Crippen molar-refractivity contribution in [3.05, 3.63) is 36.3 Å². The van der Waals surface area contributed by atoms with Crippen molar-refractivity contribution in [3.8, 4) is 0 Å². The number of aliphatic hydroxyl groups is 1. The van der Waals surface area contributed by atoms with Crippen LogP contribution in [0.2, 0.25) is 0 Å². The first-order chi connectivity index (χ1) is 9.17. The Hall–Kier alpha value is -1.20. The molecule has 4 heterocycles. The molecule has 19 heavy (non-hydrogen) atoms. The number of imidazole rings is 1. The lowest BCUT2D eigenvalue weighted by Gasteiger charge is -2.36. The molecule has 0 spiro atoms. The van der Waals surface area contributed by atoms with Crippen molar-refractivity contribution in [1.29, 1.82) is 0 Å². The Bertz CT molecular complexity index is 650. The van der Waals surface area contributed by atoms with Gasteiger partial charge < -0.3 is 9.51 Å². The molecule has 100 valence electrons. The number of pyridine rings is 1. The van der Waals surface area contributed by atoms with Gasteiger partial charge in [-0.05, 0) is 37.8 Å². The van der Waals surface area contributed by atoms with Crippen molar-refractivity contribution in [2.75, 3.05) is 0 Å². The average Bonchev–Trinajstić information content (AvgIpc) is 2.94. The fraction of sp³-hybridized carbons (Fsp3) is 0.500. The maximum Gasteiger partial charge on any atom is 0.136 e. The van der Waals surface area contributed by atoms with E-state index in [4.69, 9.17) is 0 Å². The van der Waals surface area contributed by atoms with Gasteiger partial charge in [-0.1, -0.05) is 6.07 Å². The van der Waals surface area contributed by atoms with E-state index in [9.17, 15) is 9.32 Å². The Labute approximate surface area is 113 Å². The zero-order chi connectivity index (χ0) is 13.0. The summed E-state index contributed by atoms with van der Waals surface area (Å²) in [6, 6.07) is 5.83. The maximum atomic E-state index is 12.1. The fourth-order valence-electron chi connectivity index (χ4n) is 3.62. The molecule has 2 fully saturated rings. The number of rotatable bonds is 1. The van der Waals surface area contributed by atoms with Gasteiger partial charge in [0.05, 0.1) is 5.69 Å². The van der Waals surface area contributed by atoms with E-state index < -0.39 is 16.4 Å². The predicted octanol–water partition coefficient (Wildman–Crippen LogP) is 1.60. The molecule has 2 atom stereocenters. The van der Waals surface area contributed by atoms with Crippen molar-refractivity contribution in [1.82, 2.24) is 9.38 Å². The summed E-state index contributed by atoms with van der Waals surface area (Å²) in [6.07, 6.45) is 6.81. The van der Waals surface area contributed by atoms with Gasteiger partial charge in [0.1, 0.15) is 11.2 Å². The van der Waals surface area contributed by atoms with Crippen LogP contribution in [0, 0.1) is 0 Å². The highest BCUT2D eigenvalue weighted by atomic mass is 32.2. The zero-order valence-corrected chi connectivity index (χ0v) is 11.3. The molecule has 2 aromatic heterocycles. The molecule has 4 nitrogen and oxygen atoms in total. The van der Waals surface area contributed by atoms with Gasteiger partial charge in [0.15, 0.2) is 0 Å². The molecule has 0 aliphatic carbocycles. The number of aromatic nitrogens is 2. The highest BCUT2D eigenvalue weighted by Crippen LogP contribution is 2.45. The normalized spacial score (nSPS) is 37.8. The van der Waals surface area contributed by atoms with E-state index in [1.807, 2.05) is 28.8 Å². The molecule has 2 aliphatic rings. The van der Waals surface area contributed by atoms with Crippen LogP contribution in [0.25, 0.3) is 5.65 Å². The van der Waals surface area contributed by atoms with Gasteiger partial charge in [-0.2, -0.15) is 0 Å². The van der Waals surface area contributed by atoms with Gasteiger partial charge >= 0.3 is 0 Å². The monoisotopic (exact) mass is 276 g/mol. The summed E-state index contributed by atoms with van der Waals surface area (Å²) < 4.78 is 14.1. The van der Waals surface area contributed by atoms with Crippen molar-refractivity contribution >= 4 is 16.4 Å².